The second-order valence-corrected chi connectivity index (χ2v) is 6.46. The van der Waals surface area contributed by atoms with Crippen molar-refractivity contribution in [1.82, 2.24) is 20.2 Å². The molecule has 0 saturated heterocycles. The largest absolute Gasteiger partial charge is 0.382 e. The summed E-state index contributed by atoms with van der Waals surface area (Å²) in [6.45, 7) is 1.60. The first-order chi connectivity index (χ1) is 13.3. The second kappa shape index (κ2) is 7.83. The standard InChI is InChI=1S/C19H19F2N5O2/c1-12(13-2-4-14(5-3-13)18(27)25-22)19(28,9-26-11-23-10-24-26)16-7-6-15(20)8-17(16)21/h2-8,10-12,28H,9,22H2,1H3,(H,25,27)/t12-,19+/m1/s1. The SMILES string of the molecule is C[C@H](c1ccc(C(=O)NN)cc1)[C@@](O)(Cn1cncn1)c1ccc(F)cc1F. The minimum absolute atomic E-state index is 0.0688. The number of carbonyl (C=O) groups excluding carboxylic acids is 1. The lowest BCUT2D eigenvalue weighted by atomic mass is 9.78. The van der Waals surface area contributed by atoms with E-state index in [1.165, 1.54) is 23.4 Å². The Labute approximate surface area is 159 Å². The van der Waals surface area contributed by atoms with E-state index >= 15 is 0 Å². The lowest BCUT2D eigenvalue weighted by molar-refractivity contribution is -0.0112. The predicted molar refractivity (Wildman–Crippen MR) is 96.8 cm³/mol. The van der Waals surface area contributed by atoms with Gasteiger partial charge in [0.2, 0.25) is 0 Å². The number of aromatic nitrogens is 3. The van der Waals surface area contributed by atoms with E-state index in [0.717, 1.165) is 12.1 Å². The van der Waals surface area contributed by atoms with Crippen LogP contribution in [0.1, 0.15) is 34.3 Å². The monoisotopic (exact) mass is 387 g/mol. The van der Waals surface area contributed by atoms with E-state index in [4.69, 9.17) is 5.84 Å². The Morgan fingerprint density at radius 1 is 1.29 bits per heavy atom. The van der Waals surface area contributed by atoms with Gasteiger partial charge in [-0.15, -0.1) is 0 Å². The number of nitrogens with one attached hydrogen (secondary N) is 1. The number of hydrogen-bond acceptors (Lipinski definition) is 5. The predicted octanol–water partition coefficient (Wildman–Crippen LogP) is 1.85. The average molecular weight is 387 g/mol. The van der Waals surface area contributed by atoms with Crippen LogP contribution in [0.5, 0.6) is 0 Å². The third-order valence-corrected chi connectivity index (χ3v) is 4.79. The van der Waals surface area contributed by atoms with Gasteiger partial charge in [-0.3, -0.25) is 10.2 Å². The molecule has 0 bridgehead atoms. The third kappa shape index (κ3) is 3.75. The summed E-state index contributed by atoms with van der Waals surface area (Å²) >= 11 is 0. The fraction of sp³-hybridized carbons (Fsp3) is 0.211. The zero-order valence-corrected chi connectivity index (χ0v) is 15.0. The molecular formula is C19H19F2N5O2. The molecule has 0 aliphatic rings. The zero-order chi connectivity index (χ0) is 20.3. The molecule has 9 heteroatoms. The van der Waals surface area contributed by atoms with Gasteiger partial charge in [0.1, 0.15) is 29.9 Å². The van der Waals surface area contributed by atoms with Gasteiger partial charge in [0.25, 0.3) is 5.91 Å². The highest BCUT2D eigenvalue weighted by atomic mass is 19.1. The van der Waals surface area contributed by atoms with Crippen molar-refractivity contribution in [3.05, 3.63) is 83.4 Å². The topological polar surface area (TPSA) is 106 Å². The molecule has 146 valence electrons. The molecule has 7 nitrogen and oxygen atoms in total. The van der Waals surface area contributed by atoms with Gasteiger partial charge in [0.15, 0.2) is 0 Å². The number of carbonyl (C=O) groups is 1. The summed E-state index contributed by atoms with van der Waals surface area (Å²) in [6, 6.07) is 9.41. The van der Waals surface area contributed by atoms with Crippen LogP contribution in [-0.4, -0.2) is 25.8 Å². The first kappa shape index (κ1) is 19.6. The van der Waals surface area contributed by atoms with Crippen LogP contribution < -0.4 is 11.3 Å². The minimum atomic E-state index is -1.76. The van der Waals surface area contributed by atoms with Crippen molar-refractivity contribution in [2.45, 2.75) is 25.0 Å². The van der Waals surface area contributed by atoms with E-state index in [1.54, 1.807) is 31.2 Å². The van der Waals surface area contributed by atoms with Crippen molar-refractivity contribution in [2.24, 2.45) is 5.84 Å². The van der Waals surface area contributed by atoms with Crippen LogP contribution in [-0.2, 0) is 12.1 Å². The summed E-state index contributed by atoms with van der Waals surface area (Å²) in [5.41, 5.74) is 1.18. The summed E-state index contributed by atoms with van der Waals surface area (Å²) in [4.78, 5) is 15.5. The number of amides is 1. The number of halogens is 2. The smallest absolute Gasteiger partial charge is 0.265 e. The van der Waals surface area contributed by atoms with Crippen molar-refractivity contribution in [3.63, 3.8) is 0 Å². The van der Waals surface area contributed by atoms with Gasteiger partial charge >= 0.3 is 0 Å². The van der Waals surface area contributed by atoms with Gasteiger partial charge in [-0.2, -0.15) is 5.10 Å². The lowest BCUT2D eigenvalue weighted by Crippen LogP contribution is -2.38. The highest BCUT2D eigenvalue weighted by Gasteiger charge is 2.40. The first-order valence-corrected chi connectivity index (χ1v) is 8.46. The number of rotatable bonds is 6. The van der Waals surface area contributed by atoms with E-state index in [2.05, 4.69) is 10.1 Å². The molecule has 0 aliphatic heterocycles. The normalized spacial score (nSPS) is 14.3. The van der Waals surface area contributed by atoms with Crippen molar-refractivity contribution < 1.29 is 18.7 Å². The van der Waals surface area contributed by atoms with Crippen molar-refractivity contribution in [3.8, 4) is 0 Å². The number of aliphatic hydroxyl groups is 1. The van der Waals surface area contributed by atoms with Crippen molar-refractivity contribution >= 4 is 5.91 Å². The van der Waals surface area contributed by atoms with Crippen LogP contribution in [0.3, 0.4) is 0 Å². The fourth-order valence-electron chi connectivity index (χ4n) is 3.14. The van der Waals surface area contributed by atoms with Crippen LogP contribution in [0.25, 0.3) is 0 Å². The summed E-state index contributed by atoms with van der Waals surface area (Å²) in [6.07, 6.45) is 2.69. The van der Waals surface area contributed by atoms with Gasteiger partial charge in [-0.25, -0.2) is 24.3 Å². The molecule has 0 aliphatic carbocycles. The van der Waals surface area contributed by atoms with Crippen LogP contribution in [0.4, 0.5) is 8.78 Å². The molecule has 2 atom stereocenters. The quantitative estimate of drug-likeness (QED) is 0.340. The Bertz CT molecular complexity index is 963. The Morgan fingerprint density at radius 3 is 2.57 bits per heavy atom. The molecule has 0 radical (unpaired) electrons. The number of hydrogen-bond donors (Lipinski definition) is 3. The zero-order valence-electron chi connectivity index (χ0n) is 15.0. The molecule has 1 amide bonds. The molecule has 2 aromatic carbocycles. The van der Waals surface area contributed by atoms with E-state index in [1.807, 2.05) is 5.43 Å². The molecule has 4 N–H and O–H groups in total. The summed E-state index contributed by atoms with van der Waals surface area (Å²) in [5.74, 6) is 2.43. The average Bonchev–Trinajstić information content (AvgIpc) is 3.19. The second-order valence-electron chi connectivity index (χ2n) is 6.46. The number of hydrazine groups is 1. The fourth-order valence-corrected chi connectivity index (χ4v) is 3.14. The van der Waals surface area contributed by atoms with Crippen LogP contribution >= 0.6 is 0 Å². The van der Waals surface area contributed by atoms with Crippen molar-refractivity contribution in [2.75, 3.05) is 0 Å². The molecule has 0 saturated carbocycles. The van der Waals surface area contributed by atoms with Gasteiger partial charge in [-0.1, -0.05) is 25.1 Å². The molecule has 1 heterocycles. The van der Waals surface area contributed by atoms with Crippen LogP contribution in [0.2, 0.25) is 0 Å². The Morgan fingerprint density at radius 2 is 2.00 bits per heavy atom. The first-order valence-electron chi connectivity index (χ1n) is 8.46. The maximum absolute atomic E-state index is 14.6. The summed E-state index contributed by atoms with van der Waals surface area (Å²) in [7, 11) is 0. The Balaban J connectivity index is 2.04. The van der Waals surface area contributed by atoms with Crippen molar-refractivity contribution in [1.29, 1.82) is 0 Å². The summed E-state index contributed by atoms with van der Waals surface area (Å²) in [5, 5.41) is 15.5. The van der Waals surface area contributed by atoms with Gasteiger partial charge < -0.3 is 5.11 Å². The van der Waals surface area contributed by atoms with E-state index < -0.39 is 29.1 Å². The molecule has 1 aromatic heterocycles. The molecule has 0 unspecified atom stereocenters. The van der Waals surface area contributed by atoms with E-state index in [0.29, 0.717) is 11.1 Å². The van der Waals surface area contributed by atoms with Gasteiger partial charge in [-0.05, 0) is 23.8 Å². The third-order valence-electron chi connectivity index (χ3n) is 4.79. The number of nitrogens with two attached hydrogens (primary N) is 1. The molecule has 3 rings (SSSR count). The molecule has 0 spiro atoms. The van der Waals surface area contributed by atoms with Gasteiger partial charge in [0.05, 0.1) is 6.54 Å². The summed E-state index contributed by atoms with van der Waals surface area (Å²) < 4.78 is 29.3. The number of nitrogen functional groups attached to an aromatic ring is 1. The van der Waals surface area contributed by atoms with E-state index in [9.17, 15) is 18.7 Å². The molecule has 3 aromatic rings. The lowest BCUT2D eigenvalue weighted by Gasteiger charge is -2.35. The highest BCUT2D eigenvalue weighted by Crippen LogP contribution is 2.39. The van der Waals surface area contributed by atoms with Gasteiger partial charge in [0, 0.05) is 23.1 Å². The number of nitrogens with zero attached hydrogens (tertiary/aromatic N) is 3. The molecule has 28 heavy (non-hydrogen) atoms. The maximum atomic E-state index is 14.6. The highest BCUT2D eigenvalue weighted by molar-refractivity contribution is 5.93. The van der Waals surface area contributed by atoms with E-state index in [-0.39, 0.29) is 12.1 Å². The maximum Gasteiger partial charge on any atom is 0.265 e. The minimum Gasteiger partial charge on any atom is -0.382 e. The molecular weight excluding hydrogens is 368 g/mol. The van der Waals surface area contributed by atoms with Crippen LogP contribution in [0.15, 0.2) is 55.1 Å². The Kier molecular flexibility index (Phi) is 5.48. The molecule has 0 fully saturated rings. The number of benzene rings is 2. The van der Waals surface area contributed by atoms with Crippen LogP contribution in [0, 0.1) is 11.6 Å². The Hall–Kier alpha value is -3.17.